The third-order valence-corrected chi connectivity index (χ3v) is 3.75. The van der Waals surface area contributed by atoms with E-state index in [0.29, 0.717) is 6.61 Å². The van der Waals surface area contributed by atoms with Crippen LogP contribution in [0.3, 0.4) is 0 Å². The molecule has 0 fully saturated rings. The molecule has 21 heavy (non-hydrogen) atoms. The SMILES string of the molecule is CCn1nc(C)c(CN(CCOC)Cc2ncc[nH]2)c1C. The van der Waals surface area contributed by atoms with Crippen molar-refractivity contribution in [2.75, 3.05) is 20.3 Å². The summed E-state index contributed by atoms with van der Waals surface area (Å²) in [6.07, 6.45) is 3.64. The molecule has 0 spiro atoms. The van der Waals surface area contributed by atoms with Gasteiger partial charge in [0.1, 0.15) is 5.82 Å². The summed E-state index contributed by atoms with van der Waals surface area (Å²) in [7, 11) is 1.73. The van der Waals surface area contributed by atoms with Gasteiger partial charge < -0.3 is 9.72 Å². The zero-order chi connectivity index (χ0) is 15.2. The molecular weight excluding hydrogens is 266 g/mol. The second-order valence-electron chi connectivity index (χ2n) is 5.20. The lowest BCUT2D eigenvalue weighted by molar-refractivity contribution is 0.138. The molecule has 2 rings (SSSR count). The highest BCUT2D eigenvalue weighted by Crippen LogP contribution is 2.16. The minimum absolute atomic E-state index is 0.709. The van der Waals surface area contributed by atoms with Gasteiger partial charge in [-0.25, -0.2) is 4.98 Å². The summed E-state index contributed by atoms with van der Waals surface area (Å²) in [5.74, 6) is 0.976. The van der Waals surface area contributed by atoms with E-state index in [2.05, 4.69) is 45.4 Å². The minimum atomic E-state index is 0.709. The van der Waals surface area contributed by atoms with Gasteiger partial charge in [-0.15, -0.1) is 0 Å². The monoisotopic (exact) mass is 291 g/mol. The van der Waals surface area contributed by atoms with Crippen molar-refractivity contribution in [3.63, 3.8) is 0 Å². The normalized spacial score (nSPS) is 11.5. The van der Waals surface area contributed by atoms with Crippen LogP contribution in [0.15, 0.2) is 12.4 Å². The van der Waals surface area contributed by atoms with Gasteiger partial charge in [0.2, 0.25) is 0 Å². The van der Waals surface area contributed by atoms with Crippen molar-refractivity contribution in [3.05, 3.63) is 35.2 Å². The molecule has 0 aliphatic carbocycles. The number of nitrogens with one attached hydrogen (secondary N) is 1. The number of aromatic amines is 1. The lowest BCUT2D eigenvalue weighted by atomic mass is 10.2. The molecule has 116 valence electrons. The highest BCUT2D eigenvalue weighted by Gasteiger charge is 2.15. The number of methoxy groups -OCH3 is 1. The van der Waals surface area contributed by atoms with Crippen LogP contribution in [-0.4, -0.2) is 44.9 Å². The Bertz CT molecular complexity index is 547. The molecule has 0 bridgehead atoms. The Labute approximate surface area is 126 Å². The fourth-order valence-corrected chi connectivity index (χ4v) is 2.52. The summed E-state index contributed by atoms with van der Waals surface area (Å²) < 4.78 is 7.28. The van der Waals surface area contributed by atoms with Gasteiger partial charge in [0.05, 0.1) is 18.8 Å². The Kier molecular flexibility index (Phi) is 5.52. The molecular formula is C15H25N5O. The largest absolute Gasteiger partial charge is 0.383 e. The van der Waals surface area contributed by atoms with Crippen LogP contribution in [0.1, 0.15) is 29.7 Å². The number of rotatable bonds is 8. The van der Waals surface area contributed by atoms with Crippen molar-refractivity contribution >= 4 is 0 Å². The van der Waals surface area contributed by atoms with Gasteiger partial charge in [0.15, 0.2) is 0 Å². The summed E-state index contributed by atoms with van der Waals surface area (Å²) in [6, 6.07) is 0. The van der Waals surface area contributed by atoms with Crippen LogP contribution >= 0.6 is 0 Å². The Morgan fingerprint density at radius 1 is 1.33 bits per heavy atom. The summed E-state index contributed by atoms with van der Waals surface area (Å²) in [5, 5.41) is 4.59. The number of hydrogen-bond donors (Lipinski definition) is 1. The number of aromatic nitrogens is 4. The van der Waals surface area contributed by atoms with Crippen LogP contribution in [0.5, 0.6) is 0 Å². The number of aryl methyl sites for hydroxylation is 2. The maximum absolute atomic E-state index is 5.22. The maximum atomic E-state index is 5.22. The zero-order valence-corrected chi connectivity index (χ0v) is 13.4. The van der Waals surface area contributed by atoms with Crippen molar-refractivity contribution in [1.29, 1.82) is 0 Å². The lowest BCUT2D eigenvalue weighted by Crippen LogP contribution is -2.27. The predicted molar refractivity (Wildman–Crippen MR) is 82.0 cm³/mol. The van der Waals surface area contributed by atoms with Crippen LogP contribution in [0.4, 0.5) is 0 Å². The molecule has 0 radical (unpaired) electrons. The highest BCUT2D eigenvalue weighted by atomic mass is 16.5. The third-order valence-electron chi connectivity index (χ3n) is 3.75. The van der Waals surface area contributed by atoms with Crippen LogP contribution in [0.25, 0.3) is 0 Å². The van der Waals surface area contributed by atoms with Crippen molar-refractivity contribution in [3.8, 4) is 0 Å². The fourth-order valence-electron chi connectivity index (χ4n) is 2.52. The van der Waals surface area contributed by atoms with E-state index in [0.717, 1.165) is 37.7 Å². The van der Waals surface area contributed by atoms with Crippen molar-refractivity contribution in [1.82, 2.24) is 24.6 Å². The lowest BCUT2D eigenvalue weighted by Gasteiger charge is -2.21. The predicted octanol–water partition coefficient (Wildman–Crippen LogP) is 1.89. The van der Waals surface area contributed by atoms with Gasteiger partial charge in [-0.05, 0) is 20.8 Å². The zero-order valence-electron chi connectivity index (χ0n) is 13.4. The first-order valence-corrected chi connectivity index (χ1v) is 7.38. The summed E-state index contributed by atoms with van der Waals surface area (Å²) >= 11 is 0. The van der Waals surface area contributed by atoms with E-state index in [1.807, 2.05) is 6.20 Å². The molecule has 6 nitrogen and oxygen atoms in total. The Hall–Kier alpha value is -1.66. The van der Waals surface area contributed by atoms with Crippen molar-refractivity contribution in [2.24, 2.45) is 0 Å². The smallest absolute Gasteiger partial charge is 0.120 e. The number of imidazole rings is 1. The van der Waals surface area contributed by atoms with E-state index in [1.165, 1.54) is 11.3 Å². The van der Waals surface area contributed by atoms with E-state index < -0.39 is 0 Å². The van der Waals surface area contributed by atoms with E-state index in [4.69, 9.17) is 4.74 Å². The quantitative estimate of drug-likeness (QED) is 0.807. The molecule has 0 aliphatic heterocycles. The molecule has 2 aromatic rings. The number of H-pyrrole nitrogens is 1. The molecule has 0 saturated carbocycles. The Morgan fingerprint density at radius 2 is 2.14 bits per heavy atom. The van der Waals surface area contributed by atoms with Crippen LogP contribution in [0.2, 0.25) is 0 Å². The van der Waals surface area contributed by atoms with E-state index in [-0.39, 0.29) is 0 Å². The average Bonchev–Trinajstić information content (AvgIpc) is 3.07. The molecule has 0 amide bonds. The summed E-state index contributed by atoms with van der Waals surface area (Å²) in [4.78, 5) is 9.81. The molecule has 1 N–H and O–H groups in total. The fraction of sp³-hybridized carbons (Fsp3) is 0.600. The van der Waals surface area contributed by atoms with Crippen LogP contribution in [0, 0.1) is 13.8 Å². The standard InChI is InChI=1S/C15H25N5O/c1-5-20-13(3)14(12(2)18-20)10-19(8-9-21-4)11-15-16-6-7-17-15/h6-7H,5,8-11H2,1-4H3,(H,16,17). The van der Waals surface area contributed by atoms with Gasteiger partial charge >= 0.3 is 0 Å². The van der Waals surface area contributed by atoms with E-state index in [9.17, 15) is 0 Å². The molecule has 2 heterocycles. The first-order chi connectivity index (χ1) is 10.2. The van der Waals surface area contributed by atoms with Gasteiger partial charge in [0.25, 0.3) is 0 Å². The summed E-state index contributed by atoms with van der Waals surface area (Å²) in [6.45, 7) is 10.5. The minimum Gasteiger partial charge on any atom is -0.383 e. The van der Waals surface area contributed by atoms with Gasteiger partial charge in [-0.1, -0.05) is 0 Å². The molecule has 0 aliphatic rings. The van der Waals surface area contributed by atoms with Crippen molar-refractivity contribution in [2.45, 2.75) is 40.4 Å². The molecule has 0 unspecified atom stereocenters. The number of ether oxygens (including phenoxy) is 1. The number of hydrogen-bond acceptors (Lipinski definition) is 4. The van der Waals surface area contributed by atoms with E-state index >= 15 is 0 Å². The first-order valence-electron chi connectivity index (χ1n) is 7.38. The second kappa shape index (κ2) is 7.38. The maximum Gasteiger partial charge on any atom is 0.120 e. The third kappa shape index (κ3) is 3.92. The first kappa shape index (κ1) is 15.7. The molecule has 0 aromatic carbocycles. The topological polar surface area (TPSA) is 59.0 Å². The molecule has 0 atom stereocenters. The second-order valence-corrected chi connectivity index (χ2v) is 5.20. The summed E-state index contributed by atoms with van der Waals surface area (Å²) in [5.41, 5.74) is 3.66. The van der Waals surface area contributed by atoms with Gasteiger partial charge in [-0.2, -0.15) is 5.10 Å². The Morgan fingerprint density at radius 3 is 2.71 bits per heavy atom. The van der Waals surface area contributed by atoms with E-state index in [1.54, 1.807) is 13.3 Å². The van der Waals surface area contributed by atoms with Gasteiger partial charge in [0, 0.05) is 50.4 Å². The average molecular weight is 291 g/mol. The molecule has 2 aromatic heterocycles. The highest BCUT2D eigenvalue weighted by molar-refractivity contribution is 5.24. The van der Waals surface area contributed by atoms with Gasteiger partial charge in [-0.3, -0.25) is 9.58 Å². The molecule has 0 saturated heterocycles. The molecule has 6 heteroatoms. The van der Waals surface area contributed by atoms with Crippen LogP contribution in [-0.2, 0) is 24.4 Å². The van der Waals surface area contributed by atoms with Crippen LogP contribution < -0.4 is 0 Å². The Balaban J connectivity index is 2.12. The number of nitrogens with zero attached hydrogens (tertiary/aromatic N) is 4. The van der Waals surface area contributed by atoms with Crippen molar-refractivity contribution < 1.29 is 4.74 Å².